The molecule has 5 aromatic rings. The van der Waals surface area contributed by atoms with Gasteiger partial charge in [0.2, 0.25) is 0 Å². The number of rotatable bonds is 4. The lowest BCUT2D eigenvalue weighted by atomic mass is 9.58. The molecule has 1 saturated carbocycles. The zero-order valence-corrected chi connectivity index (χ0v) is 26.9. The minimum atomic E-state index is -0.820. The smallest absolute Gasteiger partial charge is 0.178 e. The molecule has 2 aliphatic carbocycles. The van der Waals surface area contributed by atoms with Crippen molar-refractivity contribution in [3.8, 4) is 28.4 Å². The molecular weight excluding hydrogens is 566 g/mol. The normalized spacial score (nSPS) is 20.0. The Morgan fingerprint density at radius 2 is 1.48 bits per heavy atom. The first-order valence-corrected chi connectivity index (χ1v) is 16.7. The van der Waals surface area contributed by atoms with Gasteiger partial charge in [0.15, 0.2) is 5.60 Å². The van der Waals surface area contributed by atoms with E-state index in [1.807, 2.05) is 12.1 Å². The van der Waals surface area contributed by atoms with Gasteiger partial charge in [-0.2, -0.15) is 0 Å². The second-order valence-corrected chi connectivity index (χ2v) is 13.8. The third-order valence-corrected chi connectivity index (χ3v) is 11.1. The van der Waals surface area contributed by atoms with Gasteiger partial charge in [-0.15, -0.1) is 0 Å². The Morgan fingerprint density at radius 1 is 0.761 bits per heavy atom. The van der Waals surface area contributed by atoms with E-state index < -0.39 is 5.60 Å². The van der Waals surface area contributed by atoms with Crippen molar-refractivity contribution in [1.29, 1.82) is 0 Å². The van der Waals surface area contributed by atoms with Crippen molar-refractivity contribution in [3.05, 3.63) is 124 Å². The van der Waals surface area contributed by atoms with Gasteiger partial charge in [-0.1, -0.05) is 79.9 Å². The van der Waals surface area contributed by atoms with Gasteiger partial charge in [0.1, 0.15) is 23.9 Å². The Balaban J connectivity index is 1.36. The lowest BCUT2D eigenvalue weighted by Gasteiger charge is -2.46. The fraction of sp³-hybridized carbons (Fsp3) is 0.286. The van der Waals surface area contributed by atoms with E-state index in [0.717, 1.165) is 45.9 Å². The van der Waals surface area contributed by atoms with Gasteiger partial charge < -0.3 is 19.1 Å². The number of benzene rings is 5. The largest absolute Gasteiger partial charge is 0.497 e. The first kappa shape index (κ1) is 27.6. The predicted octanol–water partition coefficient (Wildman–Crippen LogP) is 9.58. The van der Waals surface area contributed by atoms with E-state index in [1.54, 1.807) is 7.11 Å². The minimum Gasteiger partial charge on any atom is -0.497 e. The van der Waals surface area contributed by atoms with Crippen LogP contribution < -0.4 is 19.1 Å². The lowest BCUT2D eigenvalue weighted by Crippen LogP contribution is -2.38. The Hall–Kier alpha value is -4.70. The highest BCUT2D eigenvalue weighted by Crippen LogP contribution is 2.60. The molecule has 46 heavy (non-hydrogen) atoms. The predicted molar refractivity (Wildman–Crippen MR) is 186 cm³/mol. The summed E-state index contributed by atoms with van der Waals surface area (Å²) in [5.41, 5.74) is 10.8. The highest BCUT2D eigenvalue weighted by atomic mass is 16.5. The molecule has 230 valence electrons. The summed E-state index contributed by atoms with van der Waals surface area (Å²) in [7, 11) is 5.87. The summed E-state index contributed by atoms with van der Waals surface area (Å²) in [6.45, 7) is 0.582. The van der Waals surface area contributed by atoms with Gasteiger partial charge in [-0.3, -0.25) is 0 Å². The van der Waals surface area contributed by atoms with Crippen LogP contribution in [-0.4, -0.2) is 21.2 Å². The summed E-state index contributed by atoms with van der Waals surface area (Å²) < 4.78 is 19.8. The van der Waals surface area contributed by atoms with Crippen LogP contribution >= 0.6 is 0 Å². The number of anilines is 1. The van der Waals surface area contributed by atoms with Gasteiger partial charge >= 0.3 is 0 Å². The molecule has 2 aliphatic heterocycles. The number of hydrogen-bond acceptors (Lipinski definition) is 4. The molecule has 5 aromatic carbocycles. The Morgan fingerprint density at radius 3 is 2.22 bits per heavy atom. The molecule has 1 spiro atoms. The van der Waals surface area contributed by atoms with Crippen molar-refractivity contribution in [2.24, 2.45) is 0 Å². The quantitative estimate of drug-likeness (QED) is 0.204. The van der Waals surface area contributed by atoms with Crippen LogP contribution in [0, 0.1) is 0 Å². The monoisotopic (exact) mass is 605 g/mol. The average Bonchev–Trinajstić information content (AvgIpc) is 3.27. The minimum absolute atomic E-state index is 0.0795. The second-order valence-electron chi connectivity index (χ2n) is 13.8. The Kier molecular flexibility index (Phi) is 6.09. The van der Waals surface area contributed by atoms with Crippen molar-refractivity contribution in [3.63, 3.8) is 0 Å². The van der Waals surface area contributed by atoms with E-state index in [9.17, 15) is 0 Å². The average molecular weight is 606 g/mol. The molecule has 4 aliphatic rings. The van der Waals surface area contributed by atoms with E-state index in [4.69, 9.17) is 14.2 Å². The van der Waals surface area contributed by atoms with Crippen LogP contribution in [-0.2, 0) is 24.0 Å². The number of hydrogen-bond donors (Lipinski definition) is 0. The molecule has 4 nitrogen and oxygen atoms in total. The zero-order valence-electron chi connectivity index (χ0n) is 26.9. The van der Waals surface area contributed by atoms with E-state index >= 15 is 0 Å². The molecule has 0 radical (unpaired) electrons. The first-order valence-electron chi connectivity index (χ1n) is 16.7. The fourth-order valence-corrected chi connectivity index (χ4v) is 8.91. The van der Waals surface area contributed by atoms with Gasteiger partial charge in [0.25, 0.3) is 0 Å². The Labute approximate surface area is 271 Å². The molecule has 1 unspecified atom stereocenters. The molecule has 0 amide bonds. The standard InChI is InChI=1S/C42H39NO3/c1-43(2)31-17-13-29(14-18-31)42(30-15-19-32(44-3)20-16-30)24-21-34-39-38-36-27(25-41(39)22-5-4-6-23-41)9-7-10-28(36)26-45-35-12-8-11-33(37(35)38)40(34)46-42/h7-21,24H,4-6,22-23,25-26H2,1-3H3. The summed E-state index contributed by atoms with van der Waals surface area (Å²) >= 11 is 0. The number of fused-ring (bicyclic) bond motifs is 4. The van der Waals surface area contributed by atoms with Crippen LogP contribution in [0.5, 0.6) is 17.2 Å². The lowest BCUT2D eigenvalue weighted by molar-refractivity contribution is 0.162. The van der Waals surface area contributed by atoms with E-state index in [-0.39, 0.29) is 5.41 Å². The molecule has 0 N–H and O–H groups in total. The summed E-state index contributed by atoms with van der Waals surface area (Å²) in [6, 6.07) is 30.5. The highest BCUT2D eigenvalue weighted by molar-refractivity contribution is 6.10. The van der Waals surface area contributed by atoms with Crippen LogP contribution in [0.3, 0.4) is 0 Å². The van der Waals surface area contributed by atoms with Crippen LogP contribution in [0.15, 0.2) is 91.0 Å². The maximum absolute atomic E-state index is 7.59. The van der Waals surface area contributed by atoms with Gasteiger partial charge in [0, 0.05) is 52.7 Å². The highest BCUT2D eigenvalue weighted by Gasteiger charge is 2.47. The van der Waals surface area contributed by atoms with Crippen LogP contribution in [0.25, 0.3) is 28.0 Å². The molecule has 2 heterocycles. The maximum Gasteiger partial charge on any atom is 0.178 e. The SMILES string of the molecule is COc1ccc(C2(c3ccc(N(C)C)cc3)C=Cc3c4c5c6c(cccc6c3O2)OCc2cccc(c2-5)CC42CCCCC2)cc1. The van der Waals surface area contributed by atoms with Crippen LogP contribution in [0.2, 0.25) is 0 Å². The molecule has 0 aromatic heterocycles. The number of nitrogens with zero attached hydrogens (tertiary/aromatic N) is 1. The summed E-state index contributed by atoms with van der Waals surface area (Å²) in [5, 5.41) is 2.32. The van der Waals surface area contributed by atoms with Crippen molar-refractivity contribution in [2.75, 3.05) is 26.1 Å². The molecular formula is C42H39NO3. The third-order valence-electron chi connectivity index (χ3n) is 11.1. The fourth-order valence-electron chi connectivity index (χ4n) is 8.91. The van der Waals surface area contributed by atoms with E-state index in [2.05, 4.69) is 104 Å². The molecule has 4 heteroatoms. The van der Waals surface area contributed by atoms with Gasteiger partial charge in [0.05, 0.1) is 7.11 Å². The molecule has 1 atom stereocenters. The van der Waals surface area contributed by atoms with Crippen molar-refractivity contribution in [2.45, 2.75) is 56.1 Å². The van der Waals surface area contributed by atoms with Crippen molar-refractivity contribution >= 4 is 22.5 Å². The van der Waals surface area contributed by atoms with Gasteiger partial charge in [-0.25, -0.2) is 0 Å². The molecule has 1 fully saturated rings. The van der Waals surface area contributed by atoms with E-state index in [0.29, 0.717) is 6.61 Å². The van der Waals surface area contributed by atoms with Crippen LogP contribution in [0.1, 0.15) is 65.5 Å². The zero-order chi connectivity index (χ0) is 31.0. The Bertz CT molecular complexity index is 2030. The summed E-state index contributed by atoms with van der Waals surface area (Å²) in [4.78, 5) is 2.13. The van der Waals surface area contributed by atoms with E-state index in [1.165, 1.54) is 70.9 Å². The molecule has 0 saturated heterocycles. The van der Waals surface area contributed by atoms with Crippen molar-refractivity contribution in [1.82, 2.24) is 0 Å². The summed E-state index contributed by atoms with van der Waals surface area (Å²) in [6.07, 6.45) is 12.0. The number of methoxy groups -OCH3 is 1. The second kappa shape index (κ2) is 10.2. The number of ether oxygens (including phenoxy) is 3. The summed E-state index contributed by atoms with van der Waals surface area (Å²) in [5.74, 6) is 2.74. The van der Waals surface area contributed by atoms with Crippen molar-refractivity contribution < 1.29 is 14.2 Å². The topological polar surface area (TPSA) is 30.9 Å². The third kappa shape index (κ3) is 3.85. The molecule has 9 rings (SSSR count). The van der Waals surface area contributed by atoms with Crippen LogP contribution in [0.4, 0.5) is 5.69 Å². The molecule has 0 bridgehead atoms. The first-order chi connectivity index (χ1) is 22.5. The maximum atomic E-state index is 7.59. The van der Waals surface area contributed by atoms with Gasteiger partial charge in [-0.05, 0) is 83.5 Å².